The van der Waals surface area contributed by atoms with Crippen LogP contribution in [-0.2, 0) is 29.5 Å². The fraction of sp³-hybridized carbons (Fsp3) is 0.524. The number of ether oxygens (including phenoxy) is 1. The highest BCUT2D eigenvalue weighted by atomic mass is 16.5. The number of nitrogens with zero attached hydrogens (tertiary/aromatic N) is 3. The second-order valence-electron chi connectivity index (χ2n) is 7.44. The first-order valence-corrected chi connectivity index (χ1v) is 9.44. The minimum atomic E-state index is -0.470. The van der Waals surface area contributed by atoms with E-state index >= 15 is 0 Å². The van der Waals surface area contributed by atoms with Crippen molar-refractivity contribution in [1.29, 1.82) is 0 Å². The number of aryl methyl sites for hydroxylation is 2. The zero-order chi connectivity index (χ0) is 18.6. The smallest absolute Gasteiger partial charge is 0.313 e. The number of benzene rings is 1. The Bertz CT molecular complexity index is 755. The number of carbonyl (C=O) groups is 1. The van der Waals surface area contributed by atoms with E-state index in [0.29, 0.717) is 6.61 Å². The summed E-state index contributed by atoms with van der Waals surface area (Å²) in [5.41, 5.74) is 3.19. The number of piperidine rings is 1. The SMILES string of the molecule is CCOC(=O)[C@]1(Cc2ccccc2C)CCCN(Cc2cnn(C)c2)C1. The third-order valence-corrected chi connectivity index (χ3v) is 5.32. The fourth-order valence-electron chi connectivity index (χ4n) is 4.01. The lowest BCUT2D eigenvalue weighted by molar-refractivity contribution is -0.159. The standard InChI is InChI=1S/C21H29N3O2/c1-4-26-20(25)21(12-19-9-6-5-8-17(19)2)10-7-11-24(16-21)15-18-13-22-23(3)14-18/h5-6,8-9,13-14H,4,7,10-12,15-16H2,1-3H3/t21-/m0/s1. The maximum Gasteiger partial charge on any atom is 0.313 e. The van der Waals surface area contributed by atoms with Crippen LogP contribution in [0.3, 0.4) is 0 Å². The minimum Gasteiger partial charge on any atom is -0.466 e. The van der Waals surface area contributed by atoms with Crippen molar-refractivity contribution in [2.75, 3.05) is 19.7 Å². The number of likely N-dealkylation sites (tertiary alicyclic amines) is 1. The molecule has 0 radical (unpaired) electrons. The molecule has 5 heteroatoms. The van der Waals surface area contributed by atoms with Crippen molar-refractivity contribution in [2.24, 2.45) is 12.5 Å². The minimum absolute atomic E-state index is 0.0564. The number of rotatable bonds is 6. The largest absolute Gasteiger partial charge is 0.466 e. The van der Waals surface area contributed by atoms with Crippen molar-refractivity contribution >= 4 is 5.97 Å². The molecule has 1 aliphatic heterocycles. The molecule has 1 fully saturated rings. The second kappa shape index (κ2) is 8.04. The Kier molecular flexibility index (Phi) is 5.77. The van der Waals surface area contributed by atoms with E-state index < -0.39 is 5.41 Å². The van der Waals surface area contributed by atoms with Crippen molar-refractivity contribution in [3.05, 3.63) is 53.3 Å². The van der Waals surface area contributed by atoms with Crippen LogP contribution in [0.5, 0.6) is 0 Å². The second-order valence-corrected chi connectivity index (χ2v) is 7.44. The molecule has 2 heterocycles. The lowest BCUT2D eigenvalue weighted by atomic mass is 9.74. The summed E-state index contributed by atoms with van der Waals surface area (Å²) in [4.78, 5) is 15.3. The summed E-state index contributed by atoms with van der Waals surface area (Å²) in [5.74, 6) is -0.0564. The highest BCUT2D eigenvalue weighted by Crippen LogP contribution is 2.36. The van der Waals surface area contributed by atoms with Crippen molar-refractivity contribution in [3.8, 4) is 0 Å². The van der Waals surface area contributed by atoms with Gasteiger partial charge in [0, 0.05) is 31.9 Å². The van der Waals surface area contributed by atoms with Crippen LogP contribution in [0.25, 0.3) is 0 Å². The maximum atomic E-state index is 13.0. The molecule has 0 N–H and O–H groups in total. The van der Waals surface area contributed by atoms with Gasteiger partial charge >= 0.3 is 5.97 Å². The van der Waals surface area contributed by atoms with Gasteiger partial charge in [-0.25, -0.2) is 0 Å². The summed E-state index contributed by atoms with van der Waals surface area (Å²) in [6.07, 6.45) is 6.57. The van der Waals surface area contributed by atoms with Gasteiger partial charge in [0.1, 0.15) is 0 Å². The average molecular weight is 355 g/mol. The van der Waals surface area contributed by atoms with Gasteiger partial charge in [-0.2, -0.15) is 5.10 Å². The van der Waals surface area contributed by atoms with E-state index in [4.69, 9.17) is 4.74 Å². The van der Waals surface area contributed by atoms with Gasteiger partial charge in [0.25, 0.3) is 0 Å². The zero-order valence-electron chi connectivity index (χ0n) is 16.1. The highest BCUT2D eigenvalue weighted by molar-refractivity contribution is 5.78. The summed E-state index contributed by atoms with van der Waals surface area (Å²) in [6.45, 7) is 6.98. The van der Waals surface area contributed by atoms with Crippen LogP contribution in [0.4, 0.5) is 0 Å². The first-order chi connectivity index (χ1) is 12.5. The molecule has 1 aliphatic rings. The fourth-order valence-corrected chi connectivity index (χ4v) is 4.01. The van der Waals surface area contributed by atoms with E-state index in [2.05, 4.69) is 35.1 Å². The summed E-state index contributed by atoms with van der Waals surface area (Å²) >= 11 is 0. The Labute approximate surface area is 156 Å². The molecular formula is C21H29N3O2. The van der Waals surface area contributed by atoms with Crippen LogP contribution in [0, 0.1) is 12.3 Å². The molecular weight excluding hydrogens is 326 g/mol. The first-order valence-electron chi connectivity index (χ1n) is 9.44. The zero-order valence-corrected chi connectivity index (χ0v) is 16.1. The molecule has 1 aromatic carbocycles. The third-order valence-electron chi connectivity index (χ3n) is 5.32. The first kappa shape index (κ1) is 18.6. The number of hydrogen-bond acceptors (Lipinski definition) is 4. The highest BCUT2D eigenvalue weighted by Gasteiger charge is 2.43. The molecule has 0 saturated carbocycles. The predicted molar refractivity (Wildman–Crippen MR) is 102 cm³/mol. The topological polar surface area (TPSA) is 47.4 Å². The third kappa shape index (κ3) is 4.15. The molecule has 0 spiro atoms. The molecule has 1 saturated heterocycles. The van der Waals surface area contributed by atoms with Crippen molar-refractivity contribution in [2.45, 2.75) is 39.7 Å². The lowest BCUT2D eigenvalue weighted by Gasteiger charge is -2.41. The number of aromatic nitrogens is 2. The summed E-state index contributed by atoms with van der Waals surface area (Å²) in [5, 5.41) is 4.26. The Hall–Kier alpha value is -2.14. The van der Waals surface area contributed by atoms with E-state index in [1.54, 1.807) is 0 Å². The van der Waals surface area contributed by atoms with Crippen molar-refractivity contribution in [1.82, 2.24) is 14.7 Å². The molecule has 0 unspecified atom stereocenters. The van der Waals surface area contributed by atoms with E-state index in [-0.39, 0.29) is 5.97 Å². The van der Waals surface area contributed by atoms with Gasteiger partial charge in [-0.05, 0) is 50.8 Å². The quantitative estimate of drug-likeness (QED) is 0.747. The Morgan fingerprint density at radius 1 is 1.35 bits per heavy atom. The molecule has 140 valence electrons. The monoisotopic (exact) mass is 355 g/mol. The normalized spacial score (nSPS) is 20.9. The maximum absolute atomic E-state index is 13.0. The van der Waals surface area contributed by atoms with Gasteiger partial charge in [0.2, 0.25) is 0 Å². The number of carbonyl (C=O) groups excluding carboxylic acids is 1. The van der Waals surface area contributed by atoms with E-state index in [9.17, 15) is 4.79 Å². The van der Waals surface area contributed by atoms with Crippen LogP contribution >= 0.6 is 0 Å². The Balaban J connectivity index is 1.82. The van der Waals surface area contributed by atoms with Gasteiger partial charge in [-0.3, -0.25) is 14.4 Å². The van der Waals surface area contributed by atoms with Crippen molar-refractivity contribution in [3.63, 3.8) is 0 Å². The van der Waals surface area contributed by atoms with Crippen LogP contribution in [0.2, 0.25) is 0 Å². The molecule has 0 aliphatic carbocycles. The lowest BCUT2D eigenvalue weighted by Crippen LogP contribution is -2.49. The van der Waals surface area contributed by atoms with Gasteiger partial charge < -0.3 is 4.74 Å². The van der Waals surface area contributed by atoms with Gasteiger partial charge in [0.05, 0.1) is 18.2 Å². The van der Waals surface area contributed by atoms with Crippen LogP contribution < -0.4 is 0 Å². The predicted octanol–water partition coefficient (Wildman–Crippen LogP) is 3.12. The molecule has 26 heavy (non-hydrogen) atoms. The summed E-state index contributed by atoms with van der Waals surface area (Å²) in [6, 6.07) is 8.35. The van der Waals surface area contributed by atoms with E-state index in [1.807, 2.05) is 37.1 Å². The van der Waals surface area contributed by atoms with Gasteiger partial charge in [0.15, 0.2) is 0 Å². The van der Waals surface area contributed by atoms with Crippen LogP contribution in [0.1, 0.15) is 36.5 Å². The molecule has 1 atom stereocenters. The van der Waals surface area contributed by atoms with Gasteiger partial charge in [-0.15, -0.1) is 0 Å². The molecule has 0 amide bonds. The Morgan fingerprint density at radius 3 is 2.85 bits per heavy atom. The Morgan fingerprint density at radius 2 is 2.15 bits per heavy atom. The summed E-state index contributed by atoms with van der Waals surface area (Å²) in [7, 11) is 1.93. The summed E-state index contributed by atoms with van der Waals surface area (Å²) < 4.78 is 7.34. The molecule has 5 nitrogen and oxygen atoms in total. The average Bonchev–Trinajstić information content (AvgIpc) is 3.02. The molecule has 2 aromatic rings. The molecule has 0 bridgehead atoms. The molecule has 3 rings (SSSR count). The number of esters is 1. The molecule has 1 aromatic heterocycles. The van der Waals surface area contributed by atoms with Crippen LogP contribution in [0.15, 0.2) is 36.7 Å². The van der Waals surface area contributed by atoms with Gasteiger partial charge in [-0.1, -0.05) is 24.3 Å². The number of hydrogen-bond donors (Lipinski definition) is 0. The van der Waals surface area contributed by atoms with Crippen molar-refractivity contribution < 1.29 is 9.53 Å². The van der Waals surface area contributed by atoms with E-state index in [0.717, 1.165) is 38.9 Å². The van der Waals surface area contributed by atoms with E-state index in [1.165, 1.54) is 16.7 Å². The van der Waals surface area contributed by atoms with Crippen LogP contribution in [-0.4, -0.2) is 40.3 Å².